The van der Waals surface area contributed by atoms with Gasteiger partial charge in [-0.2, -0.15) is 4.90 Å². The van der Waals surface area contributed by atoms with Crippen molar-refractivity contribution in [3.05, 3.63) is 81.4 Å². The molecule has 0 radical (unpaired) electrons. The number of imide groups is 1. The summed E-state index contributed by atoms with van der Waals surface area (Å²) in [5.41, 5.74) is -4.98. The Morgan fingerprint density at radius 1 is 0.930 bits per heavy atom. The largest absolute Gasteiger partial charge is 0.479 e. The number of carbonyl (C=O) groups excluding carboxylic acids is 2. The molecule has 0 aliphatic rings. The fourth-order valence-corrected chi connectivity index (χ4v) is 4.63. The highest BCUT2D eigenvalue weighted by molar-refractivity contribution is 5.96. The van der Waals surface area contributed by atoms with Gasteiger partial charge in [-0.1, -0.05) is 42.5 Å². The van der Waals surface area contributed by atoms with Gasteiger partial charge >= 0.3 is 18.2 Å². The van der Waals surface area contributed by atoms with Crippen molar-refractivity contribution in [2.75, 3.05) is 6.61 Å². The molecule has 2 rings (SSSR count). The fraction of sp³-hybridized carbons (Fsp3) is 0.500. The van der Waals surface area contributed by atoms with E-state index in [4.69, 9.17) is 9.47 Å². The van der Waals surface area contributed by atoms with Crippen molar-refractivity contribution in [1.82, 2.24) is 4.90 Å². The van der Waals surface area contributed by atoms with Gasteiger partial charge < -0.3 is 19.7 Å². The Kier molecular flexibility index (Phi) is 11.3. The molecular weight excluding hydrogens is 570 g/mol. The number of carboxylic acids is 1. The van der Waals surface area contributed by atoms with Crippen LogP contribution >= 0.6 is 0 Å². The summed E-state index contributed by atoms with van der Waals surface area (Å²) in [6.07, 6.45) is -4.49. The monoisotopic (exact) mass is 608 g/mol. The molecule has 0 saturated heterocycles. The Balaban J connectivity index is 2.83. The van der Waals surface area contributed by atoms with Crippen LogP contribution in [0.5, 0.6) is 0 Å². The topological polar surface area (TPSA) is 157 Å². The first-order valence-corrected chi connectivity index (χ1v) is 13.5. The molecule has 0 bridgehead atoms. The van der Waals surface area contributed by atoms with Crippen molar-refractivity contribution in [2.45, 2.75) is 89.5 Å². The Hall–Kier alpha value is -4.13. The minimum absolute atomic E-state index is 0.331. The zero-order valence-corrected chi connectivity index (χ0v) is 25.0. The number of nitro groups is 1. The zero-order chi connectivity index (χ0) is 32.8. The highest BCUT2D eigenvalue weighted by Crippen LogP contribution is 2.37. The third-order valence-electron chi connectivity index (χ3n) is 6.49. The van der Waals surface area contributed by atoms with Crippen molar-refractivity contribution in [2.24, 2.45) is 0 Å². The number of carbonyl (C=O) groups is 3. The van der Waals surface area contributed by atoms with E-state index in [2.05, 4.69) is 0 Å². The molecule has 11 nitrogen and oxygen atoms in total. The lowest BCUT2D eigenvalue weighted by Crippen LogP contribution is -2.62. The number of hydrogen-bond acceptors (Lipinski definition) is 8. The van der Waals surface area contributed by atoms with Crippen molar-refractivity contribution in [1.29, 1.82) is 0 Å². The second-order valence-electron chi connectivity index (χ2n) is 12.1. The van der Waals surface area contributed by atoms with Crippen LogP contribution in [-0.2, 0) is 20.7 Å². The minimum atomic E-state index is -2.50. The molecule has 13 heteroatoms. The summed E-state index contributed by atoms with van der Waals surface area (Å²) in [6.45, 7) is 7.93. The zero-order valence-electron chi connectivity index (χ0n) is 25.0. The van der Waals surface area contributed by atoms with E-state index in [1.807, 2.05) is 0 Å². The maximum Gasteiger partial charge on any atom is 0.420 e. The first-order chi connectivity index (χ1) is 19.8. The van der Waals surface area contributed by atoms with Crippen LogP contribution in [-0.4, -0.2) is 67.6 Å². The van der Waals surface area contributed by atoms with E-state index in [0.717, 1.165) is 18.2 Å². The first-order valence-electron chi connectivity index (χ1n) is 13.5. The second kappa shape index (κ2) is 13.9. The first kappa shape index (κ1) is 35.1. The van der Waals surface area contributed by atoms with E-state index in [-0.39, 0.29) is 0 Å². The Morgan fingerprint density at radius 3 is 1.91 bits per heavy atom. The molecule has 0 saturated carbocycles. The normalized spacial score (nSPS) is 14.6. The summed E-state index contributed by atoms with van der Waals surface area (Å²) >= 11 is 0. The summed E-state index contributed by atoms with van der Waals surface area (Å²) in [7, 11) is 0. The molecular formula is C30H38F2N2O9. The van der Waals surface area contributed by atoms with Crippen molar-refractivity contribution >= 4 is 18.2 Å². The van der Waals surface area contributed by atoms with Crippen LogP contribution in [0, 0.1) is 21.7 Å². The van der Waals surface area contributed by atoms with Gasteiger partial charge in [-0.25, -0.2) is 23.2 Å². The predicted molar refractivity (Wildman–Crippen MR) is 151 cm³/mol. The maximum atomic E-state index is 15.0. The van der Waals surface area contributed by atoms with Gasteiger partial charge in [-0.15, -0.1) is 0 Å². The molecule has 0 spiro atoms. The van der Waals surface area contributed by atoms with E-state index in [9.17, 15) is 43.5 Å². The van der Waals surface area contributed by atoms with Gasteiger partial charge in [-0.05, 0) is 66.0 Å². The number of ether oxygens (including phenoxy) is 2. The molecule has 2 aromatic carbocycles. The quantitative estimate of drug-likeness (QED) is 0.241. The average molecular weight is 609 g/mol. The fourth-order valence-electron chi connectivity index (χ4n) is 4.63. The van der Waals surface area contributed by atoms with Crippen molar-refractivity contribution in [3.63, 3.8) is 0 Å². The molecule has 2 N–H and O–H groups in total. The number of aliphatic hydroxyl groups excluding tert-OH is 1. The van der Waals surface area contributed by atoms with Gasteiger partial charge in [0.25, 0.3) is 0 Å². The van der Waals surface area contributed by atoms with E-state index in [0.29, 0.717) is 10.5 Å². The lowest BCUT2D eigenvalue weighted by Gasteiger charge is -2.41. The number of aliphatic hydroxyl groups is 1. The van der Waals surface area contributed by atoms with E-state index in [1.54, 1.807) is 30.3 Å². The van der Waals surface area contributed by atoms with E-state index in [1.165, 1.54) is 41.5 Å². The molecule has 2 aromatic rings. The third kappa shape index (κ3) is 9.18. The number of halogens is 2. The second-order valence-corrected chi connectivity index (χ2v) is 12.1. The van der Waals surface area contributed by atoms with Crippen LogP contribution in [0.3, 0.4) is 0 Å². The van der Waals surface area contributed by atoms with E-state index >= 15 is 0 Å². The third-order valence-corrected chi connectivity index (χ3v) is 6.49. The average Bonchev–Trinajstić information content (AvgIpc) is 2.86. The number of amides is 2. The summed E-state index contributed by atoms with van der Waals surface area (Å²) in [5.74, 6) is -5.97. The van der Waals surface area contributed by atoms with Gasteiger partial charge in [0, 0.05) is 16.9 Å². The highest BCUT2D eigenvalue weighted by atomic mass is 19.2. The number of nitrogens with zero attached hydrogens (tertiary/aromatic N) is 2. The lowest BCUT2D eigenvalue weighted by atomic mass is 9.79. The summed E-state index contributed by atoms with van der Waals surface area (Å²) in [6, 6.07) is 9.12. The molecule has 3 atom stereocenters. The Morgan fingerprint density at radius 2 is 1.47 bits per heavy atom. The number of benzene rings is 2. The SMILES string of the molecule is CC(C)(C)OC(=O)N(C(=O)OC(C)(C)C)[C@](CC[C@@H](c1cccc(F)c1F)C(CO)[N+](=O)[O-])(Cc1ccccc1)C(=O)O. The molecule has 236 valence electrons. The molecule has 0 aliphatic heterocycles. The van der Waals surface area contributed by atoms with Crippen LogP contribution < -0.4 is 0 Å². The maximum absolute atomic E-state index is 15.0. The van der Waals surface area contributed by atoms with Gasteiger partial charge in [0.1, 0.15) is 17.8 Å². The van der Waals surface area contributed by atoms with E-state index < -0.39 is 94.8 Å². The van der Waals surface area contributed by atoms with Gasteiger partial charge in [0.15, 0.2) is 17.2 Å². The van der Waals surface area contributed by atoms with Crippen LogP contribution in [0.4, 0.5) is 18.4 Å². The number of rotatable bonds is 11. The molecule has 0 heterocycles. The molecule has 43 heavy (non-hydrogen) atoms. The van der Waals surface area contributed by atoms with Gasteiger partial charge in [-0.3, -0.25) is 10.1 Å². The molecule has 0 fully saturated rings. The highest BCUT2D eigenvalue weighted by Gasteiger charge is 2.54. The summed E-state index contributed by atoms with van der Waals surface area (Å²) < 4.78 is 40.0. The smallest absolute Gasteiger partial charge is 0.420 e. The number of hydrogen-bond donors (Lipinski definition) is 2. The minimum Gasteiger partial charge on any atom is -0.479 e. The Bertz CT molecular complexity index is 1280. The van der Waals surface area contributed by atoms with Crippen LogP contribution in [0.1, 0.15) is 71.4 Å². The van der Waals surface area contributed by atoms with Crippen LogP contribution in [0.25, 0.3) is 0 Å². The summed E-state index contributed by atoms with van der Waals surface area (Å²) in [4.78, 5) is 51.9. The predicted octanol–water partition coefficient (Wildman–Crippen LogP) is 5.70. The Labute approximate surface area is 248 Å². The van der Waals surface area contributed by atoms with Crippen molar-refractivity contribution < 1.29 is 47.8 Å². The number of aliphatic carboxylic acids is 1. The van der Waals surface area contributed by atoms with Gasteiger partial charge in [0.2, 0.25) is 6.04 Å². The van der Waals surface area contributed by atoms with Crippen LogP contribution in [0.15, 0.2) is 48.5 Å². The molecule has 0 aliphatic carbocycles. The standard InChI is InChI=1S/C30H38F2N2O9/c1-28(2,3)42-26(38)33(27(39)43-29(4,5)6)30(25(36)37,17-19-11-8-7-9-12-19)16-15-20(23(18-35)34(40)41)21-13-10-14-22(31)24(21)32/h7-14,20,23,35H,15-18H2,1-6H3,(H,36,37)/t20-,23?,30+/m0/s1. The molecule has 0 aromatic heterocycles. The lowest BCUT2D eigenvalue weighted by molar-refractivity contribution is -0.530. The molecule has 1 unspecified atom stereocenters. The van der Waals surface area contributed by atoms with Gasteiger partial charge in [0.05, 0.1) is 5.92 Å². The molecule has 2 amide bonds. The van der Waals surface area contributed by atoms with Crippen molar-refractivity contribution in [3.8, 4) is 0 Å². The van der Waals surface area contributed by atoms with Crippen LogP contribution in [0.2, 0.25) is 0 Å². The number of carboxylic acid groups (broad SMARTS) is 1. The summed E-state index contributed by atoms with van der Waals surface area (Å²) in [5, 5.41) is 32.5.